The van der Waals surface area contributed by atoms with Crippen molar-refractivity contribution in [1.29, 1.82) is 0 Å². The largest absolute Gasteiger partial charge is 0.488 e. The Bertz CT molecular complexity index is 717. The van der Waals surface area contributed by atoms with E-state index in [0.717, 1.165) is 17.7 Å². The highest BCUT2D eigenvalue weighted by atomic mass is 35.5. The normalized spacial score (nSPS) is 10.6. The van der Waals surface area contributed by atoms with Gasteiger partial charge in [-0.2, -0.15) is 5.10 Å². The van der Waals surface area contributed by atoms with E-state index in [1.165, 1.54) is 0 Å². The molecule has 0 spiro atoms. The van der Waals surface area contributed by atoms with Gasteiger partial charge in [0.25, 0.3) is 0 Å². The van der Waals surface area contributed by atoms with E-state index in [0.29, 0.717) is 20.9 Å². The number of rotatable bonds is 6. The summed E-state index contributed by atoms with van der Waals surface area (Å²) in [6.45, 7) is 2.97. The minimum atomic E-state index is 0.270. The fraction of sp³-hybridized carbons (Fsp3) is 0.176. The Balaban J connectivity index is 2.06. The molecule has 0 aliphatic heterocycles. The maximum atomic E-state index is 6.16. The van der Waals surface area contributed by atoms with Gasteiger partial charge in [-0.05, 0) is 43.4 Å². The van der Waals surface area contributed by atoms with Crippen LogP contribution in [0, 0.1) is 0 Å². The number of hydrogen-bond acceptors (Lipinski definition) is 3. The highest BCUT2D eigenvalue weighted by Gasteiger charge is 2.08. The summed E-state index contributed by atoms with van der Waals surface area (Å²) in [5.74, 6) is 0.674. The number of hydrazone groups is 1. The molecule has 0 aliphatic carbocycles. The van der Waals surface area contributed by atoms with Crippen molar-refractivity contribution in [1.82, 2.24) is 10.7 Å². The van der Waals surface area contributed by atoms with Crippen molar-refractivity contribution in [2.24, 2.45) is 5.10 Å². The first-order chi connectivity index (χ1) is 11.6. The number of halogens is 2. The molecule has 2 rings (SSSR count). The summed E-state index contributed by atoms with van der Waals surface area (Å²) in [5, 5.41) is 8.67. The molecule has 0 bridgehead atoms. The third-order valence-electron chi connectivity index (χ3n) is 3.06. The van der Waals surface area contributed by atoms with Gasteiger partial charge in [-0.15, -0.1) is 0 Å². The molecule has 0 saturated carbocycles. The van der Waals surface area contributed by atoms with Gasteiger partial charge in [-0.3, -0.25) is 5.43 Å². The van der Waals surface area contributed by atoms with Crippen LogP contribution in [0.5, 0.6) is 5.75 Å². The smallest absolute Gasteiger partial charge is 0.186 e. The second kappa shape index (κ2) is 9.47. The van der Waals surface area contributed by atoms with Crippen LogP contribution in [0.25, 0.3) is 0 Å². The molecule has 0 heterocycles. The van der Waals surface area contributed by atoms with Gasteiger partial charge in [0.1, 0.15) is 12.4 Å². The number of hydrogen-bond donors (Lipinski definition) is 2. The topological polar surface area (TPSA) is 45.7 Å². The molecule has 4 nitrogen and oxygen atoms in total. The first-order valence-corrected chi connectivity index (χ1v) is 8.50. The van der Waals surface area contributed by atoms with Crippen LogP contribution in [0.1, 0.15) is 18.1 Å². The standard InChI is InChI=1S/C17H17Cl2N3OS/c1-2-20-17(24)22-21-10-12-6-3-4-9-16(12)23-11-13-14(18)7-5-8-15(13)19/h3-10H,2,11H2,1H3,(H2,20,22,24). The highest BCUT2D eigenvalue weighted by Crippen LogP contribution is 2.26. The predicted molar refractivity (Wildman–Crippen MR) is 104 cm³/mol. The minimum Gasteiger partial charge on any atom is -0.488 e. The molecule has 2 N–H and O–H groups in total. The zero-order valence-electron chi connectivity index (χ0n) is 13.1. The average molecular weight is 382 g/mol. The molecule has 0 unspecified atom stereocenters. The Morgan fingerprint density at radius 3 is 2.58 bits per heavy atom. The third-order valence-corrected chi connectivity index (χ3v) is 4.00. The fourth-order valence-electron chi connectivity index (χ4n) is 1.90. The average Bonchev–Trinajstić information content (AvgIpc) is 2.56. The molecule has 7 heteroatoms. The lowest BCUT2D eigenvalue weighted by atomic mass is 10.2. The molecule has 0 aliphatic rings. The van der Waals surface area contributed by atoms with Gasteiger partial charge in [0, 0.05) is 27.7 Å². The van der Waals surface area contributed by atoms with Crippen LogP contribution in [-0.4, -0.2) is 17.9 Å². The van der Waals surface area contributed by atoms with E-state index in [1.54, 1.807) is 24.4 Å². The van der Waals surface area contributed by atoms with E-state index in [2.05, 4.69) is 15.8 Å². The van der Waals surface area contributed by atoms with Crippen LogP contribution in [-0.2, 0) is 6.61 Å². The summed E-state index contributed by atoms with van der Waals surface area (Å²) in [6, 6.07) is 12.9. The molecule has 0 atom stereocenters. The van der Waals surface area contributed by atoms with Gasteiger partial charge in [0.05, 0.1) is 6.21 Å². The van der Waals surface area contributed by atoms with Gasteiger partial charge in [-0.25, -0.2) is 0 Å². The number of nitrogens with zero attached hydrogens (tertiary/aromatic N) is 1. The molecule has 0 aromatic heterocycles. The highest BCUT2D eigenvalue weighted by molar-refractivity contribution is 7.80. The van der Waals surface area contributed by atoms with Crippen LogP contribution < -0.4 is 15.5 Å². The summed E-state index contributed by atoms with van der Waals surface area (Å²) in [6.07, 6.45) is 1.65. The molecular weight excluding hydrogens is 365 g/mol. The van der Waals surface area contributed by atoms with Crippen molar-refractivity contribution in [2.75, 3.05) is 6.54 Å². The Morgan fingerprint density at radius 2 is 1.88 bits per heavy atom. The summed E-state index contributed by atoms with van der Waals surface area (Å²) in [4.78, 5) is 0. The van der Waals surface area contributed by atoms with Crippen molar-refractivity contribution in [3.8, 4) is 5.75 Å². The third kappa shape index (κ3) is 5.37. The van der Waals surface area contributed by atoms with E-state index in [1.807, 2.05) is 31.2 Å². The zero-order chi connectivity index (χ0) is 17.4. The van der Waals surface area contributed by atoms with E-state index in [4.69, 9.17) is 40.2 Å². The lowest BCUT2D eigenvalue weighted by Crippen LogP contribution is -2.31. The Hall–Kier alpha value is -1.82. The lowest BCUT2D eigenvalue weighted by molar-refractivity contribution is 0.306. The van der Waals surface area contributed by atoms with Crippen LogP contribution in [0.3, 0.4) is 0 Å². The predicted octanol–water partition coefficient (Wildman–Crippen LogP) is 4.39. The SMILES string of the molecule is CCNC(=S)NN=Cc1ccccc1OCc1c(Cl)cccc1Cl. The monoisotopic (exact) mass is 381 g/mol. The molecule has 0 saturated heterocycles. The summed E-state index contributed by atoms with van der Waals surface area (Å²) in [5.41, 5.74) is 4.30. The maximum absolute atomic E-state index is 6.16. The van der Waals surface area contributed by atoms with Crippen molar-refractivity contribution < 1.29 is 4.74 Å². The molecule has 24 heavy (non-hydrogen) atoms. The van der Waals surface area contributed by atoms with Crippen LogP contribution >= 0.6 is 35.4 Å². The van der Waals surface area contributed by atoms with Gasteiger partial charge >= 0.3 is 0 Å². The number of benzene rings is 2. The summed E-state index contributed by atoms with van der Waals surface area (Å²) in [7, 11) is 0. The van der Waals surface area contributed by atoms with Crippen LogP contribution in [0.15, 0.2) is 47.6 Å². The van der Waals surface area contributed by atoms with Crippen molar-refractivity contribution >= 4 is 46.7 Å². The Labute approximate surface area is 156 Å². The molecule has 2 aromatic rings. The number of para-hydroxylation sites is 1. The van der Waals surface area contributed by atoms with Crippen molar-refractivity contribution in [3.63, 3.8) is 0 Å². The molecule has 0 radical (unpaired) electrons. The first kappa shape index (κ1) is 18.5. The van der Waals surface area contributed by atoms with Gasteiger partial charge < -0.3 is 10.1 Å². The van der Waals surface area contributed by atoms with Crippen molar-refractivity contribution in [2.45, 2.75) is 13.5 Å². The van der Waals surface area contributed by atoms with Crippen LogP contribution in [0.2, 0.25) is 10.0 Å². The zero-order valence-corrected chi connectivity index (χ0v) is 15.4. The second-order valence-electron chi connectivity index (χ2n) is 4.76. The van der Waals surface area contributed by atoms with E-state index < -0.39 is 0 Å². The van der Waals surface area contributed by atoms with Gasteiger partial charge in [0.15, 0.2) is 5.11 Å². The first-order valence-electron chi connectivity index (χ1n) is 7.33. The van der Waals surface area contributed by atoms with Gasteiger partial charge in [-0.1, -0.05) is 41.4 Å². The van der Waals surface area contributed by atoms with E-state index in [9.17, 15) is 0 Å². The number of thiocarbonyl (C=S) groups is 1. The minimum absolute atomic E-state index is 0.270. The number of ether oxygens (including phenoxy) is 1. The lowest BCUT2D eigenvalue weighted by Gasteiger charge is -2.11. The molecule has 126 valence electrons. The van der Waals surface area contributed by atoms with E-state index >= 15 is 0 Å². The molecule has 0 fully saturated rings. The van der Waals surface area contributed by atoms with Crippen molar-refractivity contribution in [3.05, 3.63) is 63.6 Å². The maximum Gasteiger partial charge on any atom is 0.186 e. The second-order valence-corrected chi connectivity index (χ2v) is 5.98. The summed E-state index contributed by atoms with van der Waals surface area (Å²) < 4.78 is 5.85. The number of nitrogens with one attached hydrogen (secondary N) is 2. The molecular formula is C17H17Cl2N3OS. The summed E-state index contributed by atoms with van der Waals surface area (Å²) >= 11 is 17.4. The van der Waals surface area contributed by atoms with E-state index in [-0.39, 0.29) is 6.61 Å². The quantitative estimate of drug-likeness (QED) is 0.442. The Kier molecular flexibility index (Phi) is 7.31. The van der Waals surface area contributed by atoms with Crippen LogP contribution in [0.4, 0.5) is 0 Å². The molecule has 0 amide bonds. The fourth-order valence-corrected chi connectivity index (χ4v) is 2.60. The Morgan fingerprint density at radius 1 is 1.17 bits per heavy atom. The molecule has 2 aromatic carbocycles. The van der Waals surface area contributed by atoms with Gasteiger partial charge in [0.2, 0.25) is 0 Å².